The minimum atomic E-state index is -0.667. The molecule has 152 valence electrons. The molecule has 1 amide bonds. The minimum absolute atomic E-state index is 0.00207. The van der Waals surface area contributed by atoms with Gasteiger partial charge >= 0.3 is 0 Å². The Bertz CT molecular complexity index is 969. The monoisotopic (exact) mass is 401 g/mol. The molecule has 0 aromatic heterocycles. The first-order valence-electron chi connectivity index (χ1n) is 10.1. The molecule has 0 N–H and O–H groups in total. The molecule has 2 atom stereocenters. The summed E-state index contributed by atoms with van der Waals surface area (Å²) in [6.45, 7) is 1.31. The maximum absolute atomic E-state index is 15.3. The molecular formula is C23H22F3NO2. The average molecular weight is 401 g/mol. The van der Waals surface area contributed by atoms with Crippen molar-refractivity contribution in [3.8, 4) is 11.1 Å². The lowest BCUT2D eigenvalue weighted by Crippen LogP contribution is -2.48. The Morgan fingerprint density at radius 1 is 1.14 bits per heavy atom. The molecule has 0 unspecified atom stereocenters. The molecule has 29 heavy (non-hydrogen) atoms. The summed E-state index contributed by atoms with van der Waals surface area (Å²) in [5.41, 5.74) is 0.539. The van der Waals surface area contributed by atoms with E-state index in [0.29, 0.717) is 25.1 Å². The smallest absolute Gasteiger partial charge is 0.252 e. The van der Waals surface area contributed by atoms with Crippen LogP contribution in [0.25, 0.3) is 11.1 Å². The summed E-state index contributed by atoms with van der Waals surface area (Å²) < 4.78 is 48.4. The first-order valence-corrected chi connectivity index (χ1v) is 10.1. The van der Waals surface area contributed by atoms with E-state index in [2.05, 4.69) is 0 Å². The van der Waals surface area contributed by atoms with Gasteiger partial charge < -0.3 is 9.64 Å². The third-order valence-corrected chi connectivity index (χ3v) is 6.58. The van der Waals surface area contributed by atoms with Crippen molar-refractivity contribution < 1.29 is 22.7 Å². The molecule has 3 aliphatic rings. The summed E-state index contributed by atoms with van der Waals surface area (Å²) in [6.07, 6.45) is 3.76. The summed E-state index contributed by atoms with van der Waals surface area (Å²) in [7, 11) is 0. The molecule has 6 heteroatoms. The van der Waals surface area contributed by atoms with Gasteiger partial charge in [0.05, 0.1) is 6.61 Å². The van der Waals surface area contributed by atoms with E-state index in [1.165, 1.54) is 6.07 Å². The van der Waals surface area contributed by atoms with Crippen LogP contribution in [0.4, 0.5) is 13.2 Å². The van der Waals surface area contributed by atoms with E-state index < -0.39 is 17.5 Å². The number of hydrogen-bond donors (Lipinski definition) is 0. The van der Waals surface area contributed by atoms with Crippen LogP contribution in [0.1, 0.15) is 31.2 Å². The molecule has 1 saturated carbocycles. The first-order chi connectivity index (χ1) is 14.0. The Morgan fingerprint density at radius 3 is 2.62 bits per heavy atom. The number of carbonyl (C=O) groups excluding carboxylic acids is 1. The van der Waals surface area contributed by atoms with Gasteiger partial charge in [-0.3, -0.25) is 4.79 Å². The van der Waals surface area contributed by atoms with E-state index in [9.17, 15) is 13.6 Å². The van der Waals surface area contributed by atoms with Crippen molar-refractivity contribution >= 4 is 5.91 Å². The standard InChI is InChI=1S/C23H22F3NO2/c24-15-4-5-19(25)18(11-15)17-3-1-2-14(21(17)26)10-16-12-23(7-8-23)13-27(16)22(28)20-6-9-29-20/h1-5,11,16,20H,6-10,12-13H2/t16-,20+/m0/s1. The zero-order valence-corrected chi connectivity index (χ0v) is 16.0. The van der Waals surface area contributed by atoms with Gasteiger partial charge in [-0.25, -0.2) is 13.2 Å². The zero-order chi connectivity index (χ0) is 20.2. The van der Waals surface area contributed by atoms with Crippen LogP contribution in [0.5, 0.6) is 0 Å². The van der Waals surface area contributed by atoms with E-state index >= 15 is 4.39 Å². The predicted molar refractivity (Wildman–Crippen MR) is 102 cm³/mol. The van der Waals surface area contributed by atoms with E-state index in [1.807, 2.05) is 4.90 Å². The van der Waals surface area contributed by atoms with Crippen LogP contribution in [-0.4, -0.2) is 36.1 Å². The minimum Gasteiger partial charge on any atom is -0.368 e. The maximum atomic E-state index is 15.3. The van der Waals surface area contributed by atoms with Crippen molar-refractivity contribution in [1.29, 1.82) is 0 Å². The summed E-state index contributed by atoms with van der Waals surface area (Å²) in [4.78, 5) is 14.7. The molecular weight excluding hydrogens is 379 g/mol. The third-order valence-electron chi connectivity index (χ3n) is 6.58. The Morgan fingerprint density at radius 2 is 1.93 bits per heavy atom. The molecule has 2 heterocycles. The topological polar surface area (TPSA) is 29.5 Å². The molecule has 3 nitrogen and oxygen atoms in total. The number of rotatable bonds is 4. The number of benzene rings is 2. The highest BCUT2D eigenvalue weighted by molar-refractivity contribution is 5.82. The molecule has 1 spiro atoms. The second-order valence-corrected chi connectivity index (χ2v) is 8.58. The van der Waals surface area contributed by atoms with Crippen molar-refractivity contribution in [2.45, 2.75) is 44.2 Å². The summed E-state index contributed by atoms with van der Waals surface area (Å²) in [5.74, 6) is -1.84. The molecule has 3 fully saturated rings. The molecule has 0 bridgehead atoms. The number of likely N-dealkylation sites (tertiary alicyclic amines) is 1. The van der Waals surface area contributed by atoms with E-state index in [-0.39, 0.29) is 34.6 Å². The fourth-order valence-electron chi connectivity index (χ4n) is 4.66. The molecule has 0 radical (unpaired) electrons. The van der Waals surface area contributed by atoms with E-state index in [1.54, 1.807) is 12.1 Å². The van der Waals surface area contributed by atoms with Gasteiger partial charge in [-0.05, 0) is 54.9 Å². The summed E-state index contributed by atoms with van der Waals surface area (Å²) in [5, 5.41) is 0. The lowest BCUT2D eigenvalue weighted by atomic mass is 9.95. The summed E-state index contributed by atoms with van der Waals surface area (Å²) in [6, 6.07) is 7.70. The highest BCUT2D eigenvalue weighted by Crippen LogP contribution is 2.55. The van der Waals surface area contributed by atoms with Crippen molar-refractivity contribution in [3.63, 3.8) is 0 Å². The normalized spacial score (nSPS) is 24.6. The van der Waals surface area contributed by atoms with E-state index in [0.717, 1.165) is 43.9 Å². The molecule has 2 aromatic rings. The van der Waals surface area contributed by atoms with Crippen LogP contribution in [0.3, 0.4) is 0 Å². The van der Waals surface area contributed by atoms with Gasteiger partial charge in [-0.1, -0.05) is 18.2 Å². The highest BCUT2D eigenvalue weighted by Gasteiger charge is 2.54. The van der Waals surface area contributed by atoms with Crippen LogP contribution in [0.15, 0.2) is 36.4 Å². The van der Waals surface area contributed by atoms with Gasteiger partial charge in [0.2, 0.25) is 0 Å². The maximum Gasteiger partial charge on any atom is 0.252 e. The Balaban J connectivity index is 1.44. The fraction of sp³-hybridized carbons (Fsp3) is 0.435. The number of halogens is 3. The predicted octanol–water partition coefficient (Wildman–Crippen LogP) is 4.48. The van der Waals surface area contributed by atoms with Gasteiger partial charge in [-0.2, -0.15) is 0 Å². The molecule has 5 rings (SSSR count). The second-order valence-electron chi connectivity index (χ2n) is 8.58. The molecule has 2 saturated heterocycles. The zero-order valence-electron chi connectivity index (χ0n) is 16.0. The molecule has 1 aliphatic carbocycles. The van der Waals surface area contributed by atoms with Crippen molar-refractivity contribution in [2.75, 3.05) is 13.2 Å². The lowest BCUT2D eigenvalue weighted by molar-refractivity contribution is -0.157. The largest absolute Gasteiger partial charge is 0.368 e. The number of amides is 1. The second kappa shape index (κ2) is 6.87. The average Bonchev–Trinajstić information content (AvgIpc) is 3.30. The van der Waals surface area contributed by atoms with Crippen molar-refractivity contribution in [1.82, 2.24) is 4.90 Å². The molecule has 2 aromatic carbocycles. The van der Waals surface area contributed by atoms with Crippen LogP contribution in [0, 0.1) is 22.9 Å². The number of nitrogens with zero attached hydrogens (tertiary/aromatic N) is 1. The number of carbonyl (C=O) groups is 1. The quantitative estimate of drug-likeness (QED) is 0.756. The van der Waals surface area contributed by atoms with Crippen molar-refractivity contribution in [3.05, 3.63) is 59.4 Å². The van der Waals surface area contributed by atoms with Crippen molar-refractivity contribution in [2.24, 2.45) is 5.41 Å². The van der Waals surface area contributed by atoms with Gasteiger partial charge in [0.1, 0.15) is 23.6 Å². The summed E-state index contributed by atoms with van der Waals surface area (Å²) >= 11 is 0. The van der Waals surface area contributed by atoms with E-state index in [4.69, 9.17) is 4.74 Å². The fourth-order valence-corrected chi connectivity index (χ4v) is 4.66. The van der Waals surface area contributed by atoms with Gasteiger partial charge in [-0.15, -0.1) is 0 Å². The van der Waals surface area contributed by atoms with Crippen LogP contribution in [-0.2, 0) is 16.0 Å². The number of hydrogen-bond acceptors (Lipinski definition) is 2. The lowest BCUT2D eigenvalue weighted by Gasteiger charge is -2.33. The first kappa shape index (κ1) is 18.7. The van der Waals surface area contributed by atoms with Crippen LogP contribution in [0.2, 0.25) is 0 Å². The van der Waals surface area contributed by atoms with Crippen LogP contribution < -0.4 is 0 Å². The van der Waals surface area contributed by atoms with Crippen LogP contribution >= 0.6 is 0 Å². The Hall–Kier alpha value is -2.34. The van der Waals surface area contributed by atoms with Gasteiger partial charge in [0.25, 0.3) is 5.91 Å². The highest BCUT2D eigenvalue weighted by atomic mass is 19.1. The Kier molecular flexibility index (Phi) is 4.42. The molecule has 2 aliphatic heterocycles. The third kappa shape index (κ3) is 3.33. The Labute approximate surface area is 167 Å². The van der Waals surface area contributed by atoms with Gasteiger partial charge in [0, 0.05) is 30.1 Å². The SMILES string of the molecule is O=C([C@H]1CCO1)N1CC2(CC2)C[C@@H]1Cc1cccc(-c2cc(F)ccc2F)c1F. The van der Waals surface area contributed by atoms with Gasteiger partial charge in [0.15, 0.2) is 0 Å². The number of ether oxygens (including phenoxy) is 1.